The smallest absolute Gasteiger partial charge is 0.254 e. The van der Waals surface area contributed by atoms with Gasteiger partial charge in [0.05, 0.1) is 19.3 Å². The number of aryl methyl sites for hydroxylation is 1. The molecule has 0 bridgehead atoms. The van der Waals surface area contributed by atoms with E-state index in [1.807, 2.05) is 30.2 Å². The number of ether oxygens (including phenoxy) is 1. The van der Waals surface area contributed by atoms with Crippen LogP contribution in [-0.4, -0.2) is 47.5 Å². The Kier molecular flexibility index (Phi) is 6.54. The summed E-state index contributed by atoms with van der Waals surface area (Å²) in [5.41, 5.74) is 2.35. The highest BCUT2D eigenvalue weighted by Gasteiger charge is 2.24. The molecule has 1 saturated heterocycles. The van der Waals surface area contributed by atoms with Crippen molar-refractivity contribution in [3.8, 4) is 0 Å². The van der Waals surface area contributed by atoms with Gasteiger partial charge in [0.2, 0.25) is 5.91 Å². The number of carbonyl (C=O) groups excluding carboxylic acids is 2. The molecule has 2 heterocycles. The summed E-state index contributed by atoms with van der Waals surface area (Å²) in [6.45, 7) is 3.68. The summed E-state index contributed by atoms with van der Waals surface area (Å²) in [5.74, 6) is -0.0818. The molecule has 2 amide bonds. The molecule has 1 aromatic heterocycles. The molecule has 142 valence electrons. The molecule has 0 spiro atoms. The fraction of sp³-hybridized carbons (Fsp3) is 0.381. The van der Waals surface area contributed by atoms with Gasteiger partial charge in [0.15, 0.2) is 0 Å². The fourth-order valence-corrected chi connectivity index (χ4v) is 3.15. The van der Waals surface area contributed by atoms with Crippen molar-refractivity contribution in [1.29, 1.82) is 0 Å². The molecule has 1 fully saturated rings. The Morgan fingerprint density at radius 3 is 2.96 bits per heavy atom. The summed E-state index contributed by atoms with van der Waals surface area (Å²) < 4.78 is 5.39. The van der Waals surface area contributed by atoms with E-state index < -0.39 is 0 Å². The van der Waals surface area contributed by atoms with E-state index in [0.29, 0.717) is 37.4 Å². The van der Waals surface area contributed by atoms with Crippen molar-refractivity contribution in [3.63, 3.8) is 0 Å². The van der Waals surface area contributed by atoms with Crippen LogP contribution < -0.4 is 5.32 Å². The molecule has 0 saturated carbocycles. The highest BCUT2D eigenvalue weighted by atomic mass is 16.5. The number of anilines is 1. The predicted octanol–water partition coefficient (Wildman–Crippen LogP) is 2.90. The lowest BCUT2D eigenvalue weighted by Gasteiger charge is -2.33. The van der Waals surface area contributed by atoms with Crippen molar-refractivity contribution in [1.82, 2.24) is 9.88 Å². The second-order valence-electron chi connectivity index (χ2n) is 6.77. The minimum absolute atomic E-state index is 0.0292. The minimum Gasteiger partial charge on any atom is -0.377 e. The molecular formula is C21H25N3O3. The number of hydrogen-bond acceptors (Lipinski definition) is 4. The summed E-state index contributed by atoms with van der Waals surface area (Å²) in [6.07, 6.45) is 5.55. The van der Waals surface area contributed by atoms with Gasteiger partial charge in [0.1, 0.15) is 0 Å². The van der Waals surface area contributed by atoms with E-state index in [-0.39, 0.29) is 17.9 Å². The number of pyridine rings is 1. The van der Waals surface area contributed by atoms with Crippen LogP contribution in [-0.2, 0) is 16.0 Å². The van der Waals surface area contributed by atoms with Gasteiger partial charge in [0.25, 0.3) is 5.91 Å². The number of morpholine rings is 1. The Morgan fingerprint density at radius 2 is 2.19 bits per heavy atom. The number of carbonyl (C=O) groups is 2. The van der Waals surface area contributed by atoms with E-state index in [0.717, 1.165) is 18.4 Å². The number of hydrogen-bond donors (Lipinski definition) is 1. The first kappa shape index (κ1) is 19.0. The Bertz CT molecular complexity index is 779. The van der Waals surface area contributed by atoms with Gasteiger partial charge in [-0.1, -0.05) is 12.1 Å². The van der Waals surface area contributed by atoms with Crippen molar-refractivity contribution in [2.24, 2.45) is 0 Å². The van der Waals surface area contributed by atoms with Gasteiger partial charge in [-0.2, -0.15) is 0 Å². The minimum atomic E-state index is -0.0526. The van der Waals surface area contributed by atoms with Gasteiger partial charge in [-0.3, -0.25) is 14.6 Å². The molecule has 1 aliphatic rings. The van der Waals surface area contributed by atoms with E-state index in [9.17, 15) is 9.59 Å². The Hall–Kier alpha value is -2.73. The molecule has 1 N–H and O–H groups in total. The van der Waals surface area contributed by atoms with E-state index in [2.05, 4.69) is 10.3 Å². The van der Waals surface area contributed by atoms with Gasteiger partial charge < -0.3 is 15.0 Å². The van der Waals surface area contributed by atoms with Crippen molar-refractivity contribution >= 4 is 17.5 Å². The maximum absolute atomic E-state index is 12.7. The quantitative estimate of drug-likeness (QED) is 0.852. The number of aromatic nitrogens is 1. The van der Waals surface area contributed by atoms with Crippen molar-refractivity contribution in [3.05, 3.63) is 59.9 Å². The number of amides is 2. The fourth-order valence-electron chi connectivity index (χ4n) is 3.15. The van der Waals surface area contributed by atoms with Crippen LogP contribution in [0.1, 0.15) is 35.7 Å². The molecule has 1 atom stereocenters. The molecule has 6 heteroatoms. The van der Waals surface area contributed by atoms with E-state index in [1.54, 1.807) is 30.5 Å². The van der Waals surface area contributed by atoms with Crippen LogP contribution in [0, 0.1) is 0 Å². The van der Waals surface area contributed by atoms with Crippen LogP contribution in [0.4, 0.5) is 5.69 Å². The number of nitrogens with one attached hydrogen (secondary N) is 1. The maximum atomic E-state index is 12.7. The first-order chi connectivity index (χ1) is 13.1. The molecule has 2 aromatic rings. The lowest BCUT2D eigenvalue weighted by molar-refractivity contribution is -0.116. The number of nitrogens with zero attached hydrogens (tertiary/aromatic N) is 2. The molecule has 6 nitrogen and oxygen atoms in total. The standard InChI is InChI=1S/C21H25N3O3/c1-16-15-27-12-11-24(16)21(26)18-7-3-8-19(13-18)23-20(25)9-2-5-17-6-4-10-22-14-17/h3-4,6-8,10,13-14,16H,2,5,9,11-12,15H2,1H3,(H,23,25). The summed E-state index contributed by atoms with van der Waals surface area (Å²) in [5, 5.41) is 2.89. The second kappa shape index (κ2) is 9.28. The summed E-state index contributed by atoms with van der Waals surface area (Å²) >= 11 is 0. The van der Waals surface area contributed by atoms with Crippen LogP contribution in [0.5, 0.6) is 0 Å². The molecule has 27 heavy (non-hydrogen) atoms. The van der Waals surface area contributed by atoms with Crippen LogP contribution in [0.2, 0.25) is 0 Å². The third-order valence-corrected chi connectivity index (χ3v) is 4.61. The molecule has 1 aromatic carbocycles. The van der Waals surface area contributed by atoms with Gasteiger partial charge in [-0.25, -0.2) is 0 Å². The third kappa shape index (κ3) is 5.37. The van der Waals surface area contributed by atoms with Gasteiger partial charge in [-0.05, 0) is 49.6 Å². The van der Waals surface area contributed by atoms with Crippen LogP contribution in [0.3, 0.4) is 0 Å². The molecule has 0 aliphatic carbocycles. The molecule has 1 aliphatic heterocycles. The monoisotopic (exact) mass is 367 g/mol. The normalized spacial score (nSPS) is 16.8. The largest absolute Gasteiger partial charge is 0.377 e. The Balaban J connectivity index is 1.53. The molecular weight excluding hydrogens is 342 g/mol. The van der Waals surface area contributed by atoms with Crippen LogP contribution in [0.15, 0.2) is 48.8 Å². The van der Waals surface area contributed by atoms with Gasteiger partial charge in [-0.15, -0.1) is 0 Å². The average Bonchev–Trinajstić information content (AvgIpc) is 2.69. The summed E-state index contributed by atoms with van der Waals surface area (Å²) in [6, 6.07) is 11.1. The third-order valence-electron chi connectivity index (χ3n) is 4.61. The average molecular weight is 367 g/mol. The maximum Gasteiger partial charge on any atom is 0.254 e. The van der Waals surface area contributed by atoms with Crippen LogP contribution in [0.25, 0.3) is 0 Å². The van der Waals surface area contributed by atoms with E-state index in [4.69, 9.17) is 4.74 Å². The lowest BCUT2D eigenvalue weighted by Crippen LogP contribution is -2.47. The van der Waals surface area contributed by atoms with Gasteiger partial charge in [0, 0.05) is 36.6 Å². The highest BCUT2D eigenvalue weighted by Crippen LogP contribution is 2.16. The molecule has 0 radical (unpaired) electrons. The number of rotatable bonds is 6. The Labute approximate surface area is 159 Å². The molecule has 1 unspecified atom stereocenters. The van der Waals surface area contributed by atoms with Crippen molar-refractivity contribution in [2.45, 2.75) is 32.2 Å². The van der Waals surface area contributed by atoms with Crippen molar-refractivity contribution in [2.75, 3.05) is 25.1 Å². The Morgan fingerprint density at radius 1 is 1.30 bits per heavy atom. The number of benzene rings is 1. The van der Waals surface area contributed by atoms with Gasteiger partial charge >= 0.3 is 0 Å². The van der Waals surface area contributed by atoms with E-state index >= 15 is 0 Å². The second-order valence-corrected chi connectivity index (χ2v) is 6.77. The predicted molar refractivity (Wildman–Crippen MR) is 104 cm³/mol. The summed E-state index contributed by atoms with van der Waals surface area (Å²) in [7, 11) is 0. The van der Waals surface area contributed by atoms with Crippen molar-refractivity contribution < 1.29 is 14.3 Å². The first-order valence-electron chi connectivity index (χ1n) is 9.31. The lowest BCUT2D eigenvalue weighted by atomic mass is 10.1. The highest BCUT2D eigenvalue weighted by molar-refractivity contribution is 5.97. The zero-order valence-corrected chi connectivity index (χ0v) is 15.6. The summed E-state index contributed by atoms with van der Waals surface area (Å²) in [4.78, 5) is 30.8. The topological polar surface area (TPSA) is 71.5 Å². The molecule has 3 rings (SSSR count). The first-order valence-corrected chi connectivity index (χ1v) is 9.31. The van der Waals surface area contributed by atoms with Crippen LogP contribution >= 0.6 is 0 Å². The SMILES string of the molecule is CC1COCCN1C(=O)c1cccc(NC(=O)CCCc2cccnc2)c1. The zero-order valence-electron chi connectivity index (χ0n) is 15.6. The zero-order chi connectivity index (χ0) is 19.1. The van der Waals surface area contributed by atoms with E-state index in [1.165, 1.54) is 0 Å².